The summed E-state index contributed by atoms with van der Waals surface area (Å²) in [4.78, 5) is 4.44. The van der Waals surface area contributed by atoms with Crippen LogP contribution < -0.4 is 0 Å². The van der Waals surface area contributed by atoms with E-state index in [2.05, 4.69) is 23.2 Å². The predicted octanol–water partition coefficient (Wildman–Crippen LogP) is 3.39. The Hall–Kier alpha value is -1.12. The number of rotatable bonds is 3. The van der Waals surface area contributed by atoms with Crippen molar-refractivity contribution in [2.75, 3.05) is 13.7 Å². The third kappa shape index (κ3) is 2.18. The molecule has 0 atom stereocenters. The van der Waals surface area contributed by atoms with Crippen LogP contribution in [0, 0.1) is 6.92 Å². The SMILES string of the molecule is COCCc1cccc2cc(C)c(Cl)nc12. The first-order chi connectivity index (χ1) is 7.72. The Labute approximate surface area is 100 Å². The zero-order valence-electron chi connectivity index (χ0n) is 9.46. The van der Waals surface area contributed by atoms with Crippen molar-refractivity contribution in [2.45, 2.75) is 13.3 Å². The molecule has 0 aliphatic rings. The lowest BCUT2D eigenvalue weighted by atomic mass is 10.1. The largest absolute Gasteiger partial charge is 0.384 e. The number of pyridine rings is 1. The Bertz CT molecular complexity index is 511. The monoisotopic (exact) mass is 235 g/mol. The second-order valence-corrected chi connectivity index (χ2v) is 4.19. The molecule has 1 heterocycles. The number of fused-ring (bicyclic) bond motifs is 1. The molecule has 2 aromatic rings. The van der Waals surface area contributed by atoms with Gasteiger partial charge in [0.25, 0.3) is 0 Å². The summed E-state index contributed by atoms with van der Waals surface area (Å²) >= 11 is 6.05. The number of methoxy groups -OCH3 is 1. The van der Waals surface area contributed by atoms with Gasteiger partial charge >= 0.3 is 0 Å². The minimum absolute atomic E-state index is 0.581. The zero-order chi connectivity index (χ0) is 11.5. The average Bonchev–Trinajstić information content (AvgIpc) is 2.28. The molecule has 2 rings (SSSR count). The van der Waals surface area contributed by atoms with Gasteiger partial charge in [0.05, 0.1) is 12.1 Å². The molecule has 0 amide bonds. The topological polar surface area (TPSA) is 22.1 Å². The standard InChI is InChI=1S/C13H14ClNO/c1-9-8-11-5-3-4-10(6-7-16-2)12(11)15-13(9)14/h3-5,8H,6-7H2,1-2H3. The van der Waals surface area contributed by atoms with Gasteiger partial charge in [-0.15, -0.1) is 0 Å². The van der Waals surface area contributed by atoms with Crippen molar-refractivity contribution < 1.29 is 4.74 Å². The van der Waals surface area contributed by atoms with Crippen molar-refractivity contribution in [3.63, 3.8) is 0 Å². The van der Waals surface area contributed by atoms with E-state index in [1.807, 2.05) is 13.0 Å². The number of hydrogen-bond donors (Lipinski definition) is 0. The molecule has 0 unspecified atom stereocenters. The maximum absolute atomic E-state index is 6.05. The Morgan fingerprint density at radius 3 is 2.94 bits per heavy atom. The highest BCUT2D eigenvalue weighted by Crippen LogP contribution is 2.22. The van der Waals surface area contributed by atoms with Crippen LogP contribution in [0.4, 0.5) is 0 Å². The zero-order valence-corrected chi connectivity index (χ0v) is 10.2. The van der Waals surface area contributed by atoms with Gasteiger partial charge in [-0.3, -0.25) is 0 Å². The summed E-state index contributed by atoms with van der Waals surface area (Å²) in [5, 5.41) is 1.72. The minimum atomic E-state index is 0.581. The summed E-state index contributed by atoms with van der Waals surface area (Å²) in [5.41, 5.74) is 3.18. The van der Waals surface area contributed by atoms with Crippen molar-refractivity contribution in [1.29, 1.82) is 0 Å². The second-order valence-electron chi connectivity index (χ2n) is 3.83. The fourth-order valence-corrected chi connectivity index (χ4v) is 1.90. The Morgan fingerprint density at radius 1 is 1.38 bits per heavy atom. The highest BCUT2D eigenvalue weighted by molar-refractivity contribution is 6.30. The highest BCUT2D eigenvalue weighted by atomic mass is 35.5. The first-order valence-electron chi connectivity index (χ1n) is 5.26. The summed E-state index contributed by atoms with van der Waals surface area (Å²) in [6.45, 7) is 2.67. The molecular formula is C13H14ClNO. The summed E-state index contributed by atoms with van der Waals surface area (Å²) in [7, 11) is 1.70. The van der Waals surface area contributed by atoms with Gasteiger partial charge in [0, 0.05) is 12.5 Å². The average molecular weight is 236 g/mol. The van der Waals surface area contributed by atoms with E-state index in [0.29, 0.717) is 11.8 Å². The molecule has 2 nitrogen and oxygen atoms in total. The summed E-state index contributed by atoms with van der Waals surface area (Å²) in [6, 6.07) is 8.24. The summed E-state index contributed by atoms with van der Waals surface area (Å²) < 4.78 is 5.09. The van der Waals surface area contributed by atoms with Gasteiger partial charge in [-0.2, -0.15) is 0 Å². The lowest BCUT2D eigenvalue weighted by Gasteiger charge is -2.07. The molecule has 3 heteroatoms. The maximum Gasteiger partial charge on any atom is 0.132 e. The fraction of sp³-hybridized carbons (Fsp3) is 0.308. The van der Waals surface area contributed by atoms with Gasteiger partial charge in [-0.1, -0.05) is 29.8 Å². The summed E-state index contributed by atoms with van der Waals surface area (Å²) in [5.74, 6) is 0. The van der Waals surface area contributed by atoms with E-state index in [1.54, 1.807) is 7.11 Å². The maximum atomic E-state index is 6.05. The fourth-order valence-electron chi connectivity index (χ4n) is 1.76. The van der Waals surface area contributed by atoms with E-state index < -0.39 is 0 Å². The minimum Gasteiger partial charge on any atom is -0.384 e. The number of para-hydroxylation sites is 1. The smallest absolute Gasteiger partial charge is 0.132 e. The van der Waals surface area contributed by atoms with Crippen LogP contribution in [-0.4, -0.2) is 18.7 Å². The molecule has 84 valence electrons. The van der Waals surface area contributed by atoms with E-state index in [0.717, 1.165) is 22.9 Å². The molecule has 0 spiro atoms. The van der Waals surface area contributed by atoms with E-state index in [1.165, 1.54) is 5.56 Å². The van der Waals surface area contributed by atoms with E-state index >= 15 is 0 Å². The third-order valence-corrected chi connectivity index (χ3v) is 3.02. The van der Waals surface area contributed by atoms with Gasteiger partial charge in [0.2, 0.25) is 0 Å². The van der Waals surface area contributed by atoms with Gasteiger partial charge in [-0.25, -0.2) is 4.98 Å². The Morgan fingerprint density at radius 2 is 2.19 bits per heavy atom. The Kier molecular flexibility index (Phi) is 3.42. The van der Waals surface area contributed by atoms with E-state index in [9.17, 15) is 0 Å². The van der Waals surface area contributed by atoms with Crippen LogP contribution in [-0.2, 0) is 11.2 Å². The molecule has 0 saturated carbocycles. The number of ether oxygens (including phenoxy) is 1. The van der Waals surface area contributed by atoms with Crippen LogP contribution in [0.2, 0.25) is 5.15 Å². The molecule has 0 aliphatic heterocycles. The third-order valence-electron chi connectivity index (χ3n) is 2.63. The number of hydrogen-bond acceptors (Lipinski definition) is 2. The second kappa shape index (κ2) is 4.81. The van der Waals surface area contributed by atoms with Crippen LogP contribution >= 0.6 is 11.6 Å². The van der Waals surface area contributed by atoms with Crippen molar-refractivity contribution >= 4 is 22.5 Å². The highest BCUT2D eigenvalue weighted by Gasteiger charge is 2.05. The first kappa shape index (κ1) is 11.4. The molecule has 0 aliphatic carbocycles. The molecule has 0 N–H and O–H groups in total. The Balaban J connectivity index is 2.53. The lowest BCUT2D eigenvalue weighted by Crippen LogP contribution is -1.97. The molecule has 0 saturated heterocycles. The number of aromatic nitrogens is 1. The van der Waals surface area contributed by atoms with Crippen molar-refractivity contribution in [2.24, 2.45) is 0 Å². The molecular weight excluding hydrogens is 222 g/mol. The van der Waals surface area contributed by atoms with Gasteiger partial charge in [-0.05, 0) is 30.5 Å². The summed E-state index contributed by atoms with van der Waals surface area (Å²) in [6.07, 6.45) is 0.861. The van der Waals surface area contributed by atoms with Gasteiger partial charge in [0.15, 0.2) is 0 Å². The van der Waals surface area contributed by atoms with Crippen molar-refractivity contribution in [1.82, 2.24) is 4.98 Å². The molecule has 0 fully saturated rings. The van der Waals surface area contributed by atoms with Crippen molar-refractivity contribution in [3.05, 3.63) is 40.5 Å². The molecule has 1 aromatic heterocycles. The molecule has 16 heavy (non-hydrogen) atoms. The number of aryl methyl sites for hydroxylation is 1. The van der Waals surface area contributed by atoms with E-state index in [4.69, 9.17) is 16.3 Å². The molecule has 0 bridgehead atoms. The van der Waals surface area contributed by atoms with Crippen LogP contribution in [0.5, 0.6) is 0 Å². The quantitative estimate of drug-likeness (QED) is 0.761. The predicted molar refractivity (Wildman–Crippen MR) is 67.1 cm³/mol. The lowest BCUT2D eigenvalue weighted by molar-refractivity contribution is 0.202. The first-order valence-corrected chi connectivity index (χ1v) is 5.64. The van der Waals surface area contributed by atoms with Crippen LogP contribution in [0.1, 0.15) is 11.1 Å². The van der Waals surface area contributed by atoms with Crippen LogP contribution in [0.3, 0.4) is 0 Å². The number of nitrogens with zero attached hydrogens (tertiary/aromatic N) is 1. The van der Waals surface area contributed by atoms with Crippen LogP contribution in [0.25, 0.3) is 10.9 Å². The van der Waals surface area contributed by atoms with Gasteiger partial charge in [0.1, 0.15) is 5.15 Å². The number of benzene rings is 1. The van der Waals surface area contributed by atoms with Gasteiger partial charge < -0.3 is 4.74 Å². The molecule has 0 radical (unpaired) electrons. The van der Waals surface area contributed by atoms with Crippen LogP contribution in [0.15, 0.2) is 24.3 Å². The normalized spacial score (nSPS) is 10.9. The van der Waals surface area contributed by atoms with Crippen molar-refractivity contribution in [3.8, 4) is 0 Å². The van der Waals surface area contributed by atoms with E-state index in [-0.39, 0.29) is 0 Å². The number of halogens is 1. The molecule has 1 aromatic carbocycles.